The molecule has 3 aromatic carbocycles. The molecule has 0 aliphatic carbocycles. The Bertz CT molecular complexity index is 1240. The summed E-state index contributed by atoms with van der Waals surface area (Å²) in [6, 6.07) is 17.8. The predicted molar refractivity (Wildman–Crippen MR) is 141 cm³/mol. The van der Waals surface area contributed by atoms with Crippen molar-refractivity contribution in [3.8, 4) is 11.5 Å². The molecule has 2 N–H and O–H groups in total. The van der Waals surface area contributed by atoms with Crippen LogP contribution in [0.1, 0.15) is 47.8 Å². The molecule has 37 heavy (non-hydrogen) atoms. The lowest BCUT2D eigenvalue weighted by atomic mass is 10.0. The molecule has 0 aromatic heterocycles. The predicted octanol–water partition coefficient (Wildman–Crippen LogP) is 5.02. The number of rotatable bonds is 11. The van der Waals surface area contributed by atoms with Crippen LogP contribution in [0.3, 0.4) is 0 Å². The molecule has 0 radical (unpaired) electrons. The zero-order chi connectivity index (χ0) is 26.8. The fourth-order valence-electron chi connectivity index (χ4n) is 3.56. The van der Waals surface area contributed by atoms with Crippen molar-refractivity contribution in [2.45, 2.75) is 40.3 Å². The zero-order valence-corrected chi connectivity index (χ0v) is 21.5. The molecule has 194 valence electrons. The van der Waals surface area contributed by atoms with E-state index in [0.717, 1.165) is 11.1 Å². The first-order chi connectivity index (χ1) is 17.8. The van der Waals surface area contributed by atoms with Crippen LogP contribution in [0, 0.1) is 18.7 Å². The summed E-state index contributed by atoms with van der Waals surface area (Å²) < 4.78 is 24.8. The van der Waals surface area contributed by atoms with Gasteiger partial charge >= 0.3 is 0 Å². The minimum atomic E-state index is -0.828. The Labute approximate surface area is 216 Å². The van der Waals surface area contributed by atoms with E-state index in [0.29, 0.717) is 30.3 Å². The minimum absolute atomic E-state index is 0.200. The standard InChI is InChI=1S/C29H32FN3O4/c1-5-36-26-16-21(9-14-25(26)37-18-22-8-6-7-20(4)15-22)17-31-33-29(35)27(19(2)3)32-28(34)23-10-12-24(30)13-11-23/h6-17,19,27H,5,18H2,1-4H3,(H,32,34)(H,33,35)/b31-17+. The molecule has 0 saturated heterocycles. The van der Waals surface area contributed by atoms with Crippen molar-refractivity contribution in [3.63, 3.8) is 0 Å². The van der Waals surface area contributed by atoms with Crippen LogP contribution in [0.2, 0.25) is 0 Å². The summed E-state index contributed by atoms with van der Waals surface area (Å²) in [6.45, 7) is 8.40. The molecule has 0 fully saturated rings. The van der Waals surface area contributed by atoms with Gasteiger partial charge in [-0.2, -0.15) is 5.10 Å². The number of hydrazone groups is 1. The van der Waals surface area contributed by atoms with Crippen molar-refractivity contribution in [2.24, 2.45) is 11.0 Å². The van der Waals surface area contributed by atoms with Gasteiger partial charge in [0.2, 0.25) is 0 Å². The Morgan fingerprint density at radius 1 is 1.00 bits per heavy atom. The highest BCUT2D eigenvalue weighted by Gasteiger charge is 2.24. The first kappa shape index (κ1) is 27.4. The second kappa shape index (κ2) is 13.2. The highest BCUT2D eigenvalue weighted by Crippen LogP contribution is 2.29. The third-order valence-corrected chi connectivity index (χ3v) is 5.47. The van der Waals surface area contributed by atoms with E-state index >= 15 is 0 Å². The largest absolute Gasteiger partial charge is 0.490 e. The number of ether oxygens (including phenoxy) is 2. The van der Waals surface area contributed by atoms with E-state index in [1.54, 1.807) is 18.2 Å². The smallest absolute Gasteiger partial charge is 0.262 e. The fraction of sp³-hybridized carbons (Fsp3) is 0.276. The van der Waals surface area contributed by atoms with Crippen LogP contribution in [0.4, 0.5) is 4.39 Å². The summed E-state index contributed by atoms with van der Waals surface area (Å²) in [5, 5.41) is 6.73. The molecule has 0 bridgehead atoms. The van der Waals surface area contributed by atoms with Crippen LogP contribution in [0.25, 0.3) is 0 Å². The number of hydrogen-bond donors (Lipinski definition) is 2. The molecular formula is C29H32FN3O4. The molecule has 3 aromatic rings. The van der Waals surface area contributed by atoms with E-state index in [1.165, 1.54) is 30.5 Å². The van der Waals surface area contributed by atoms with Gasteiger partial charge in [0.1, 0.15) is 18.5 Å². The van der Waals surface area contributed by atoms with Gasteiger partial charge in [0.05, 0.1) is 12.8 Å². The number of carbonyl (C=O) groups is 2. The van der Waals surface area contributed by atoms with E-state index < -0.39 is 23.7 Å². The van der Waals surface area contributed by atoms with Crippen LogP contribution >= 0.6 is 0 Å². The van der Waals surface area contributed by atoms with Crippen molar-refractivity contribution in [3.05, 3.63) is 94.8 Å². The number of aryl methyl sites for hydroxylation is 1. The van der Waals surface area contributed by atoms with E-state index in [-0.39, 0.29) is 11.5 Å². The third kappa shape index (κ3) is 8.17. The zero-order valence-electron chi connectivity index (χ0n) is 21.5. The van der Waals surface area contributed by atoms with Gasteiger partial charge in [0.25, 0.3) is 11.8 Å². The lowest BCUT2D eigenvalue weighted by Gasteiger charge is -2.20. The number of halogens is 1. The van der Waals surface area contributed by atoms with E-state index in [2.05, 4.69) is 21.9 Å². The van der Waals surface area contributed by atoms with Crippen molar-refractivity contribution in [1.29, 1.82) is 0 Å². The Kier molecular flexibility index (Phi) is 9.77. The van der Waals surface area contributed by atoms with Crippen LogP contribution in [-0.4, -0.2) is 30.7 Å². The molecule has 2 amide bonds. The van der Waals surface area contributed by atoms with Crippen LogP contribution in [-0.2, 0) is 11.4 Å². The molecule has 7 nitrogen and oxygen atoms in total. The van der Waals surface area contributed by atoms with Crippen LogP contribution in [0.5, 0.6) is 11.5 Å². The maximum Gasteiger partial charge on any atom is 0.262 e. The maximum atomic E-state index is 13.1. The van der Waals surface area contributed by atoms with Gasteiger partial charge in [-0.1, -0.05) is 43.7 Å². The molecule has 0 saturated carbocycles. The van der Waals surface area contributed by atoms with Crippen molar-refractivity contribution in [1.82, 2.24) is 10.7 Å². The topological polar surface area (TPSA) is 89.0 Å². The van der Waals surface area contributed by atoms with Gasteiger partial charge in [-0.25, -0.2) is 9.82 Å². The van der Waals surface area contributed by atoms with Crippen LogP contribution < -0.4 is 20.2 Å². The minimum Gasteiger partial charge on any atom is -0.490 e. The van der Waals surface area contributed by atoms with E-state index in [1.807, 2.05) is 45.9 Å². The number of nitrogens with one attached hydrogen (secondary N) is 2. The average Bonchev–Trinajstić information content (AvgIpc) is 2.87. The summed E-state index contributed by atoms with van der Waals surface area (Å²) in [6.07, 6.45) is 1.49. The highest BCUT2D eigenvalue weighted by molar-refractivity contribution is 5.97. The Morgan fingerprint density at radius 2 is 1.76 bits per heavy atom. The molecule has 0 aliphatic heterocycles. The van der Waals surface area contributed by atoms with Gasteiger partial charge in [0.15, 0.2) is 11.5 Å². The molecular weight excluding hydrogens is 473 g/mol. The Morgan fingerprint density at radius 3 is 2.43 bits per heavy atom. The van der Waals surface area contributed by atoms with E-state index in [9.17, 15) is 14.0 Å². The summed E-state index contributed by atoms with van der Waals surface area (Å²) in [7, 11) is 0. The van der Waals surface area contributed by atoms with Gasteiger partial charge in [0, 0.05) is 5.56 Å². The molecule has 1 atom stereocenters. The van der Waals surface area contributed by atoms with Gasteiger partial charge in [-0.05, 0) is 73.4 Å². The summed E-state index contributed by atoms with van der Waals surface area (Å²) >= 11 is 0. The summed E-state index contributed by atoms with van der Waals surface area (Å²) in [4.78, 5) is 25.2. The molecule has 3 rings (SSSR count). The second-order valence-corrected chi connectivity index (χ2v) is 8.85. The average molecular weight is 506 g/mol. The Hall–Kier alpha value is -4.20. The number of hydrogen-bond acceptors (Lipinski definition) is 5. The SMILES string of the molecule is CCOc1cc(/C=N/NC(=O)C(NC(=O)c2ccc(F)cc2)C(C)C)ccc1OCc1cccc(C)c1. The first-order valence-corrected chi connectivity index (χ1v) is 12.1. The van der Waals surface area contributed by atoms with Gasteiger partial charge in [-0.15, -0.1) is 0 Å². The molecule has 0 aliphatic rings. The quantitative estimate of drug-likeness (QED) is 0.283. The summed E-state index contributed by atoms with van der Waals surface area (Å²) in [5.74, 6) is -0.411. The maximum absolute atomic E-state index is 13.1. The second-order valence-electron chi connectivity index (χ2n) is 8.85. The molecule has 0 spiro atoms. The van der Waals surface area contributed by atoms with Crippen LogP contribution in [0.15, 0.2) is 71.8 Å². The van der Waals surface area contributed by atoms with Gasteiger partial charge in [-0.3, -0.25) is 9.59 Å². The lowest BCUT2D eigenvalue weighted by molar-refractivity contribution is -0.123. The highest BCUT2D eigenvalue weighted by atomic mass is 19.1. The number of amides is 2. The first-order valence-electron chi connectivity index (χ1n) is 12.1. The normalized spacial score (nSPS) is 11.8. The van der Waals surface area contributed by atoms with Crippen molar-refractivity contribution in [2.75, 3.05) is 6.61 Å². The fourth-order valence-corrected chi connectivity index (χ4v) is 3.56. The number of carbonyl (C=O) groups excluding carboxylic acids is 2. The number of nitrogens with zero attached hydrogens (tertiary/aromatic N) is 1. The molecule has 0 heterocycles. The van der Waals surface area contributed by atoms with E-state index in [4.69, 9.17) is 9.47 Å². The van der Waals surface area contributed by atoms with Crippen molar-refractivity contribution >= 4 is 18.0 Å². The van der Waals surface area contributed by atoms with Crippen molar-refractivity contribution < 1.29 is 23.5 Å². The van der Waals surface area contributed by atoms with Gasteiger partial charge < -0.3 is 14.8 Å². The molecule has 1 unspecified atom stereocenters. The molecule has 8 heteroatoms. The third-order valence-electron chi connectivity index (χ3n) is 5.47. The lowest BCUT2D eigenvalue weighted by Crippen LogP contribution is -2.48. The monoisotopic (exact) mass is 505 g/mol. The summed E-state index contributed by atoms with van der Waals surface area (Å²) in [5.41, 5.74) is 5.66. The Balaban J connectivity index is 1.63. The number of benzene rings is 3.